The van der Waals surface area contributed by atoms with E-state index >= 15 is 0 Å². The van der Waals surface area contributed by atoms with Crippen LogP contribution in [0.2, 0.25) is 5.02 Å². The van der Waals surface area contributed by atoms with Gasteiger partial charge in [0, 0.05) is 19.1 Å². The van der Waals surface area contributed by atoms with Gasteiger partial charge >= 0.3 is 0 Å². The van der Waals surface area contributed by atoms with Crippen LogP contribution in [0, 0.1) is 0 Å². The van der Waals surface area contributed by atoms with Crippen LogP contribution in [-0.2, 0) is 12.1 Å². The molecule has 2 unspecified atom stereocenters. The molecule has 0 radical (unpaired) electrons. The van der Waals surface area contributed by atoms with Crippen LogP contribution in [0.25, 0.3) is 0 Å². The molecule has 1 fully saturated rings. The molecule has 1 aliphatic rings. The smallest absolute Gasteiger partial charge is 0.110 e. The Morgan fingerprint density at radius 1 is 1.61 bits per heavy atom. The molecule has 2 atom stereocenters. The van der Waals surface area contributed by atoms with Crippen LogP contribution in [0.5, 0.6) is 0 Å². The number of aryl methyl sites for hydroxylation is 1. The molecular weight excluding hydrogens is 250 g/mol. The Morgan fingerprint density at radius 2 is 2.33 bits per heavy atom. The number of likely N-dealkylation sites (tertiary alicyclic amines) is 1. The number of hydrogen-bond acceptors (Lipinski definition) is 3. The fourth-order valence-corrected chi connectivity index (χ4v) is 3.07. The Balaban J connectivity index is 2.32. The molecule has 1 aliphatic heterocycles. The van der Waals surface area contributed by atoms with Gasteiger partial charge in [0.25, 0.3) is 0 Å². The van der Waals surface area contributed by atoms with Crippen molar-refractivity contribution in [2.24, 2.45) is 0 Å². The second-order valence-electron chi connectivity index (χ2n) is 5.38. The number of piperidine rings is 1. The van der Waals surface area contributed by atoms with Crippen molar-refractivity contribution < 1.29 is 5.11 Å². The minimum Gasteiger partial charge on any atom is -0.383 e. The zero-order valence-corrected chi connectivity index (χ0v) is 12.1. The van der Waals surface area contributed by atoms with E-state index in [1.54, 1.807) is 6.20 Å². The Morgan fingerprint density at radius 3 is 2.94 bits per heavy atom. The maximum Gasteiger partial charge on any atom is 0.110 e. The number of hydrogen-bond donors (Lipinski definition) is 1. The van der Waals surface area contributed by atoms with Crippen molar-refractivity contribution in [3.63, 3.8) is 0 Å². The van der Waals surface area contributed by atoms with Gasteiger partial charge in [-0.15, -0.1) is 0 Å². The van der Waals surface area contributed by atoms with E-state index in [1.165, 1.54) is 0 Å². The van der Waals surface area contributed by atoms with E-state index in [2.05, 4.69) is 30.9 Å². The average Bonchev–Trinajstić information content (AvgIpc) is 2.67. The molecule has 2 rings (SSSR count). The van der Waals surface area contributed by atoms with Crippen molar-refractivity contribution in [3.05, 3.63) is 16.9 Å². The largest absolute Gasteiger partial charge is 0.383 e. The highest BCUT2D eigenvalue weighted by molar-refractivity contribution is 6.31. The minimum atomic E-state index is -0.839. The highest BCUT2D eigenvalue weighted by Crippen LogP contribution is 2.38. The lowest BCUT2D eigenvalue weighted by Crippen LogP contribution is -2.47. The topological polar surface area (TPSA) is 41.3 Å². The summed E-state index contributed by atoms with van der Waals surface area (Å²) in [5, 5.41) is 15.8. The summed E-state index contributed by atoms with van der Waals surface area (Å²) in [4.78, 5) is 2.27. The Bertz CT molecular complexity index is 420. The third kappa shape index (κ3) is 2.42. The summed E-state index contributed by atoms with van der Waals surface area (Å²) >= 11 is 6.23. The fraction of sp³-hybridized carbons (Fsp3) is 0.769. The van der Waals surface area contributed by atoms with Gasteiger partial charge in [-0.2, -0.15) is 5.10 Å². The van der Waals surface area contributed by atoms with Crippen molar-refractivity contribution in [1.82, 2.24) is 14.7 Å². The zero-order chi connectivity index (χ0) is 13.3. The monoisotopic (exact) mass is 271 g/mol. The fourth-order valence-electron chi connectivity index (χ4n) is 2.75. The average molecular weight is 272 g/mol. The molecule has 102 valence electrons. The summed E-state index contributed by atoms with van der Waals surface area (Å²) in [6.07, 6.45) is 4.05. The van der Waals surface area contributed by atoms with E-state index in [-0.39, 0.29) is 0 Å². The summed E-state index contributed by atoms with van der Waals surface area (Å²) in [6, 6.07) is 0.352. The van der Waals surface area contributed by atoms with E-state index < -0.39 is 5.60 Å². The number of aliphatic hydroxyl groups is 1. The predicted molar refractivity (Wildman–Crippen MR) is 72.8 cm³/mol. The van der Waals surface area contributed by atoms with Crippen LogP contribution in [0.4, 0.5) is 0 Å². The Labute approximate surface area is 114 Å². The van der Waals surface area contributed by atoms with Crippen LogP contribution in [0.15, 0.2) is 6.20 Å². The van der Waals surface area contributed by atoms with Gasteiger partial charge in [-0.05, 0) is 33.2 Å². The third-order valence-electron chi connectivity index (χ3n) is 3.93. The second kappa shape index (κ2) is 5.19. The quantitative estimate of drug-likeness (QED) is 0.917. The van der Waals surface area contributed by atoms with Crippen molar-refractivity contribution >= 4 is 11.6 Å². The van der Waals surface area contributed by atoms with Crippen LogP contribution in [0.3, 0.4) is 0 Å². The summed E-state index contributed by atoms with van der Waals surface area (Å²) < 4.78 is 1.86. The summed E-state index contributed by atoms with van der Waals surface area (Å²) in [6.45, 7) is 5.92. The van der Waals surface area contributed by atoms with Gasteiger partial charge in [-0.25, -0.2) is 0 Å². The number of nitrogens with zero attached hydrogens (tertiary/aromatic N) is 3. The van der Waals surface area contributed by atoms with Crippen molar-refractivity contribution in [1.29, 1.82) is 0 Å². The SMILES string of the molecule is CCCn1ncc(Cl)c1C1(O)CCN(C)C(C)C1. The third-order valence-corrected chi connectivity index (χ3v) is 4.21. The van der Waals surface area contributed by atoms with Gasteiger partial charge in [0.1, 0.15) is 5.60 Å². The maximum absolute atomic E-state index is 10.9. The second-order valence-corrected chi connectivity index (χ2v) is 5.79. The highest BCUT2D eigenvalue weighted by atomic mass is 35.5. The molecule has 1 aromatic rings. The summed E-state index contributed by atoms with van der Waals surface area (Å²) in [5.41, 5.74) is -0.0414. The minimum absolute atomic E-state index is 0.352. The highest BCUT2D eigenvalue weighted by Gasteiger charge is 2.40. The molecule has 1 aromatic heterocycles. The lowest BCUT2D eigenvalue weighted by Gasteiger charge is -2.41. The van der Waals surface area contributed by atoms with Crippen LogP contribution < -0.4 is 0 Å². The first kappa shape index (κ1) is 13.8. The van der Waals surface area contributed by atoms with Gasteiger partial charge < -0.3 is 10.0 Å². The first-order valence-corrected chi connectivity index (χ1v) is 7.00. The lowest BCUT2D eigenvalue weighted by molar-refractivity contribution is -0.0471. The molecular formula is C13H22ClN3O. The van der Waals surface area contributed by atoms with E-state index in [0.29, 0.717) is 23.9 Å². The molecule has 0 saturated carbocycles. The molecule has 0 aliphatic carbocycles. The van der Waals surface area contributed by atoms with E-state index in [9.17, 15) is 5.11 Å². The van der Waals surface area contributed by atoms with Crippen molar-refractivity contribution in [3.8, 4) is 0 Å². The van der Waals surface area contributed by atoms with Gasteiger partial charge in [0.05, 0.1) is 16.9 Å². The number of halogens is 1. The molecule has 0 bridgehead atoms. The van der Waals surface area contributed by atoms with Gasteiger partial charge in [-0.1, -0.05) is 18.5 Å². The van der Waals surface area contributed by atoms with Crippen LogP contribution in [-0.4, -0.2) is 39.4 Å². The van der Waals surface area contributed by atoms with E-state index in [0.717, 1.165) is 25.2 Å². The molecule has 18 heavy (non-hydrogen) atoms. The van der Waals surface area contributed by atoms with Crippen molar-refractivity contribution in [2.75, 3.05) is 13.6 Å². The predicted octanol–water partition coefficient (Wildman–Crippen LogP) is 2.25. The molecule has 1 N–H and O–H groups in total. The van der Waals surface area contributed by atoms with Gasteiger partial charge in [-0.3, -0.25) is 4.68 Å². The van der Waals surface area contributed by atoms with E-state index in [4.69, 9.17) is 11.6 Å². The molecule has 0 amide bonds. The van der Waals surface area contributed by atoms with Gasteiger partial charge in [0.15, 0.2) is 0 Å². The van der Waals surface area contributed by atoms with E-state index in [1.807, 2.05) is 4.68 Å². The van der Waals surface area contributed by atoms with Crippen molar-refractivity contribution in [2.45, 2.75) is 51.3 Å². The first-order chi connectivity index (χ1) is 8.48. The first-order valence-electron chi connectivity index (χ1n) is 6.62. The van der Waals surface area contributed by atoms with Gasteiger partial charge in [0.2, 0.25) is 0 Å². The summed E-state index contributed by atoms with van der Waals surface area (Å²) in [5.74, 6) is 0. The molecule has 2 heterocycles. The molecule has 5 heteroatoms. The maximum atomic E-state index is 10.9. The number of aromatic nitrogens is 2. The molecule has 0 spiro atoms. The zero-order valence-electron chi connectivity index (χ0n) is 11.4. The number of rotatable bonds is 3. The molecule has 4 nitrogen and oxygen atoms in total. The van der Waals surface area contributed by atoms with Crippen LogP contribution >= 0.6 is 11.6 Å². The standard InChI is InChI=1S/C13H22ClN3O/c1-4-6-17-12(11(14)9-15-17)13(18)5-7-16(3)10(2)8-13/h9-10,18H,4-8H2,1-3H3. The Kier molecular flexibility index (Phi) is 3.99. The summed E-state index contributed by atoms with van der Waals surface area (Å²) in [7, 11) is 2.09. The normalized spacial score (nSPS) is 29.7. The Hall–Kier alpha value is -0.580. The van der Waals surface area contributed by atoms with Crippen LogP contribution in [0.1, 0.15) is 38.8 Å². The molecule has 1 saturated heterocycles. The lowest BCUT2D eigenvalue weighted by atomic mass is 9.84. The molecule has 0 aromatic carbocycles.